The van der Waals surface area contributed by atoms with Crippen molar-refractivity contribution in [3.63, 3.8) is 0 Å². The molecule has 0 aliphatic rings. The molecule has 0 fully saturated rings. The van der Waals surface area contributed by atoms with Crippen molar-refractivity contribution in [2.75, 3.05) is 4.72 Å². The van der Waals surface area contributed by atoms with Crippen molar-refractivity contribution in [3.8, 4) is 0 Å². The molecule has 2 rings (SSSR count). The summed E-state index contributed by atoms with van der Waals surface area (Å²) in [5.74, 6) is 0.566. The Labute approximate surface area is 106 Å². The summed E-state index contributed by atoms with van der Waals surface area (Å²) in [6.45, 7) is 5.52. The van der Waals surface area contributed by atoms with E-state index in [-0.39, 0.29) is 5.03 Å². The molecule has 18 heavy (non-hydrogen) atoms. The number of sulfonamides is 1. The molecule has 6 heteroatoms. The van der Waals surface area contributed by atoms with Crippen molar-refractivity contribution >= 4 is 15.7 Å². The molecule has 96 valence electrons. The van der Waals surface area contributed by atoms with Crippen LogP contribution in [-0.4, -0.2) is 18.4 Å². The first-order chi connectivity index (χ1) is 8.40. The Morgan fingerprint density at radius 1 is 1.22 bits per heavy atom. The van der Waals surface area contributed by atoms with E-state index in [4.69, 9.17) is 0 Å². The maximum Gasteiger partial charge on any atom is 0.278 e. The van der Waals surface area contributed by atoms with Gasteiger partial charge in [-0.2, -0.15) is 8.42 Å². The van der Waals surface area contributed by atoms with Gasteiger partial charge in [-0.3, -0.25) is 4.72 Å². The van der Waals surface area contributed by atoms with Crippen LogP contribution in [0.3, 0.4) is 0 Å². The lowest BCUT2D eigenvalue weighted by Gasteiger charge is -2.10. The van der Waals surface area contributed by atoms with Crippen LogP contribution >= 0.6 is 0 Å². The zero-order valence-corrected chi connectivity index (χ0v) is 11.3. The molecule has 1 heterocycles. The van der Waals surface area contributed by atoms with Crippen LogP contribution in [0, 0.1) is 20.8 Å². The second-order valence-electron chi connectivity index (χ2n) is 4.19. The first-order valence-electron chi connectivity index (χ1n) is 5.51. The van der Waals surface area contributed by atoms with Gasteiger partial charge < -0.3 is 4.98 Å². The smallest absolute Gasteiger partial charge is 0.278 e. The summed E-state index contributed by atoms with van der Waals surface area (Å²) in [4.78, 5) is 6.60. The monoisotopic (exact) mass is 265 g/mol. The standard InChI is InChI=1S/C12H15N3O2S/c1-8-5-4-6-11(9(8)2)15-18(16,17)12-7-13-10(3)14-12/h4-7,15H,1-3H3,(H,13,14). The van der Waals surface area contributed by atoms with Gasteiger partial charge in [0.2, 0.25) is 0 Å². The van der Waals surface area contributed by atoms with Gasteiger partial charge in [0.1, 0.15) is 5.82 Å². The van der Waals surface area contributed by atoms with Gasteiger partial charge in [0.15, 0.2) is 5.03 Å². The second kappa shape index (κ2) is 4.45. The molecule has 2 N–H and O–H groups in total. The Balaban J connectivity index is 2.37. The third kappa shape index (κ3) is 2.38. The molecular formula is C12H15N3O2S. The van der Waals surface area contributed by atoms with Crippen molar-refractivity contribution in [2.24, 2.45) is 0 Å². The summed E-state index contributed by atoms with van der Waals surface area (Å²) in [5, 5.41) is 0.0703. The molecule has 0 amide bonds. The summed E-state index contributed by atoms with van der Waals surface area (Å²) in [5.41, 5.74) is 2.54. The normalized spacial score (nSPS) is 11.5. The minimum absolute atomic E-state index is 0.0703. The van der Waals surface area contributed by atoms with Crippen molar-refractivity contribution < 1.29 is 8.42 Å². The Bertz CT molecular complexity index is 674. The van der Waals surface area contributed by atoms with Crippen molar-refractivity contribution in [2.45, 2.75) is 25.8 Å². The Morgan fingerprint density at radius 3 is 2.56 bits per heavy atom. The topological polar surface area (TPSA) is 74.8 Å². The molecule has 0 saturated carbocycles. The van der Waals surface area contributed by atoms with E-state index in [0.717, 1.165) is 11.1 Å². The number of anilines is 1. The predicted molar refractivity (Wildman–Crippen MR) is 70.0 cm³/mol. The quantitative estimate of drug-likeness (QED) is 0.892. The second-order valence-corrected chi connectivity index (χ2v) is 5.84. The number of nitrogens with zero attached hydrogens (tertiary/aromatic N) is 1. The molecule has 0 bridgehead atoms. The predicted octanol–water partition coefficient (Wildman–Crippen LogP) is 2.14. The van der Waals surface area contributed by atoms with Crippen LogP contribution < -0.4 is 4.72 Å². The van der Waals surface area contributed by atoms with E-state index in [1.807, 2.05) is 26.0 Å². The van der Waals surface area contributed by atoms with E-state index in [9.17, 15) is 8.42 Å². The van der Waals surface area contributed by atoms with Crippen LogP contribution in [0.25, 0.3) is 0 Å². The molecule has 0 aliphatic carbocycles. The summed E-state index contributed by atoms with van der Waals surface area (Å²) < 4.78 is 26.8. The fourth-order valence-electron chi connectivity index (χ4n) is 1.60. The fraction of sp³-hybridized carbons (Fsp3) is 0.250. The highest BCUT2D eigenvalue weighted by molar-refractivity contribution is 7.92. The maximum absolute atomic E-state index is 12.1. The molecule has 0 spiro atoms. The molecule has 0 radical (unpaired) electrons. The molecule has 5 nitrogen and oxygen atoms in total. The van der Waals surface area contributed by atoms with E-state index in [0.29, 0.717) is 11.5 Å². The van der Waals surface area contributed by atoms with Crippen LogP contribution in [0.15, 0.2) is 29.4 Å². The molecule has 1 aromatic heterocycles. The lowest BCUT2D eigenvalue weighted by atomic mass is 10.1. The zero-order valence-electron chi connectivity index (χ0n) is 10.5. The molecular weight excluding hydrogens is 250 g/mol. The maximum atomic E-state index is 12.1. The lowest BCUT2D eigenvalue weighted by molar-refractivity contribution is 0.598. The molecule has 1 aromatic carbocycles. The first kappa shape index (κ1) is 12.6. The number of rotatable bonds is 3. The molecule has 0 saturated heterocycles. The minimum Gasteiger partial charge on any atom is -0.332 e. The highest BCUT2D eigenvalue weighted by atomic mass is 32.2. The zero-order chi connectivity index (χ0) is 13.3. The van der Waals surface area contributed by atoms with Crippen LogP contribution in [0.1, 0.15) is 17.0 Å². The molecule has 0 aliphatic heterocycles. The number of benzene rings is 1. The van der Waals surface area contributed by atoms with Gasteiger partial charge in [-0.15, -0.1) is 0 Å². The van der Waals surface area contributed by atoms with E-state index in [1.54, 1.807) is 13.0 Å². The van der Waals surface area contributed by atoms with Crippen LogP contribution in [-0.2, 0) is 10.0 Å². The summed E-state index contributed by atoms with van der Waals surface area (Å²) >= 11 is 0. The van der Waals surface area contributed by atoms with Crippen LogP contribution in [0.5, 0.6) is 0 Å². The van der Waals surface area contributed by atoms with Crippen molar-refractivity contribution in [1.29, 1.82) is 0 Å². The number of aromatic nitrogens is 2. The molecule has 0 unspecified atom stereocenters. The number of H-pyrrole nitrogens is 1. The van der Waals surface area contributed by atoms with Gasteiger partial charge in [0.05, 0.1) is 11.9 Å². The first-order valence-corrected chi connectivity index (χ1v) is 6.99. The summed E-state index contributed by atoms with van der Waals surface area (Å²) in [6, 6.07) is 5.50. The van der Waals surface area contributed by atoms with Gasteiger partial charge in [-0.05, 0) is 38.0 Å². The van der Waals surface area contributed by atoms with E-state index >= 15 is 0 Å². The lowest BCUT2D eigenvalue weighted by Crippen LogP contribution is -2.14. The Hall–Kier alpha value is -1.82. The Kier molecular flexibility index (Phi) is 3.13. The summed E-state index contributed by atoms with van der Waals surface area (Å²) in [7, 11) is -3.60. The van der Waals surface area contributed by atoms with Gasteiger partial charge in [-0.1, -0.05) is 12.1 Å². The summed E-state index contributed by atoms with van der Waals surface area (Å²) in [6.07, 6.45) is 1.31. The van der Waals surface area contributed by atoms with Gasteiger partial charge >= 0.3 is 0 Å². The number of hydrogen-bond donors (Lipinski definition) is 2. The Morgan fingerprint density at radius 2 is 1.94 bits per heavy atom. The largest absolute Gasteiger partial charge is 0.332 e. The SMILES string of the molecule is Cc1ncc(S(=O)(=O)Nc2cccc(C)c2C)[nH]1. The minimum atomic E-state index is -3.60. The van der Waals surface area contributed by atoms with Gasteiger partial charge in [-0.25, -0.2) is 4.98 Å². The van der Waals surface area contributed by atoms with Crippen molar-refractivity contribution in [1.82, 2.24) is 9.97 Å². The molecule has 0 atom stereocenters. The number of imidazole rings is 1. The van der Waals surface area contributed by atoms with Crippen LogP contribution in [0.4, 0.5) is 5.69 Å². The van der Waals surface area contributed by atoms with Crippen molar-refractivity contribution in [3.05, 3.63) is 41.3 Å². The number of hydrogen-bond acceptors (Lipinski definition) is 3. The van der Waals surface area contributed by atoms with E-state index in [2.05, 4.69) is 14.7 Å². The molecule has 2 aromatic rings. The highest BCUT2D eigenvalue weighted by Crippen LogP contribution is 2.21. The third-order valence-electron chi connectivity index (χ3n) is 2.82. The van der Waals surface area contributed by atoms with Gasteiger partial charge in [0.25, 0.3) is 10.0 Å². The fourth-order valence-corrected chi connectivity index (χ4v) is 2.69. The number of nitrogens with one attached hydrogen (secondary N) is 2. The average molecular weight is 265 g/mol. The van der Waals surface area contributed by atoms with E-state index < -0.39 is 10.0 Å². The highest BCUT2D eigenvalue weighted by Gasteiger charge is 2.17. The third-order valence-corrected chi connectivity index (χ3v) is 4.09. The number of aryl methyl sites for hydroxylation is 2. The average Bonchev–Trinajstić information content (AvgIpc) is 2.72. The van der Waals surface area contributed by atoms with E-state index in [1.165, 1.54) is 6.20 Å². The van der Waals surface area contributed by atoms with Crippen LogP contribution in [0.2, 0.25) is 0 Å². The van der Waals surface area contributed by atoms with Gasteiger partial charge in [0, 0.05) is 0 Å². The number of aromatic amines is 1.